The van der Waals surface area contributed by atoms with E-state index < -0.39 is 18.1 Å². The Morgan fingerprint density at radius 1 is 1.10 bits per heavy atom. The molecule has 2 amide bonds. The number of ether oxygens (including phenoxy) is 3. The Hall–Kier alpha value is -2.98. The van der Waals surface area contributed by atoms with Gasteiger partial charge in [0.15, 0.2) is 18.6 Å². The van der Waals surface area contributed by atoms with Gasteiger partial charge in [0.2, 0.25) is 0 Å². The molecule has 29 heavy (non-hydrogen) atoms. The van der Waals surface area contributed by atoms with Crippen LogP contribution in [0.1, 0.15) is 36.8 Å². The minimum atomic E-state index is -0.595. The SMILES string of the molecule is CCOC(Cn1cc(C(=O)NNC(=O)COc2ccccc2CC)nn1)OCC. The Labute approximate surface area is 169 Å². The largest absolute Gasteiger partial charge is 0.483 e. The van der Waals surface area contributed by atoms with Crippen molar-refractivity contribution in [1.82, 2.24) is 25.8 Å². The maximum Gasteiger partial charge on any atom is 0.291 e. The first-order chi connectivity index (χ1) is 14.1. The molecule has 0 aliphatic carbocycles. The molecule has 10 nitrogen and oxygen atoms in total. The smallest absolute Gasteiger partial charge is 0.291 e. The number of para-hydroxylation sites is 1. The molecule has 0 bridgehead atoms. The van der Waals surface area contributed by atoms with E-state index in [1.54, 1.807) is 6.07 Å². The first kappa shape index (κ1) is 22.3. The van der Waals surface area contributed by atoms with Gasteiger partial charge in [0.25, 0.3) is 11.8 Å². The predicted octanol–water partition coefficient (Wildman–Crippen LogP) is 1.08. The predicted molar refractivity (Wildman–Crippen MR) is 104 cm³/mol. The lowest BCUT2D eigenvalue weighted by molar-refractivity contribution is -0.145. The van der Waals surface area contributed by atoms with Gasteiger partial charge in [-0.1, -0.05) is 30.3 Å². The molecule has 10 heteroatoms. The number of nitrogens with one attached hydrogen (secondary N) is 2. The van der Waals surface area contributed by atoms with Crippen LogP contribution in [0.25, 0.3) is 0 Å². The molecule has 0 fully saturated rings. The molecule has 2 aromatic rings. The van der Waals surface area contributed by atoms with Crippen LogP contribution in [0.3, 0.4) is 0 Å². The second-order valence-corrected chi connectivity index (χ2v) is 5.92. The number of benzene rings is 1. The highest BCUT2D eigenvalue weighted by Gasteiger charge is 2.15. The second kappa shape index (κ2) is 11.8. The van der Waals surface area contributed by atoms with E-state index in [0.717, 1.165) is 12.0 Å². The van der Waals surface area contributed by atoms with Gasteiger partial charge >= 0.3 is 0 Å². The molecule has 0 aliphatic heterocycles. The molecule has 158 valence electrons. The zero-order valence-corrected chi connectivity index (χ0v) is 16.9. The molecule has 0 saturated carbocycles. The maximum atomic E-state index is 12.1. The number of carbonyl (C=O) groups excluding carboxylic acids is 2. The van der Waals surface area contributed by atoms with Gasteiger partial charge in [-0.05, 0) is 31.9 Å². The number of aryl methyl sites for hydroxylation is 1. The Morgan fingerprint density at radius 3 is 2.52 bits per heavy atom. The van der Waals surface area contributed by atoms with Crippen molar-refractivity contribution in [1.29, 1.82) is 0 Å². The topological polar surface area (TPSA) is 117 Å². The van der Waals surface area contributed by atoms with Gasteiger partial charge in [-0.25, -0.2) is 4.68 Å². The van der Waals surface area contributed by atoms with Crippen LogP contribution in [0.4, 0.5) is 0 Å². The Balaban J connectivity index is 1.80. The number of rotatable bonds is 11. The third-order valence-corrected chi connectivity index (χ3v) is 3.84. The molecule has 0 spiro atoms. The molecular formula is C19H27N5O5. The van der Waals surface area contributed by atoms with Gasteiger partial charge in [0.05, 0.1) is 12.7 Å². The van der Waals surface area contributed by atoms with E-state index in [-0.39, 0.29) is 12.3 Å². The van der Waals surface area contributed by atoms with E-state index in [1.807, 2.05) is 39.0 Å². The summed E-state index contributed by atoms with van der Waals surface area (Å²) in [5.74, 6) is -0.454. The van der Waals surface area contributed by atoms with E-state index in [2.05, 4.69) is 21.2 Å². The molecule has 1 heterocycles. The Kier molecular flexibility index (Phi) is 9.06. The highest BCUT2D eigenvalue weighted by Crippen LogP contribution is 2.17. The van der Waals surface area contributed by atoms with E-state index >= 15 is 0 Å². The number of hydrogen-bond acceptors (Lipinski definition) is 7. The lowest BCUT2D eigenvalue weighted by Gasteiger charge is -2.16. The van der Waals surface area contributed by atoms with Crippen LogP contribution in [-0.4, -0.2) is 52.9 Å². The van der Waals surface area contributed by atoms with Crippen molar-refractivity contribution in [2.45, 2.75) is 40.0 Å². The summed E-state index contributed by atoms with van der Waals surface area (Å²) in [4.78, 5) is 24.1. The van der Waals surface area contributed by atoms with Crippen LogP contribution in [0.15, 0.2) is 30.5 Å². The van der Waals surface area contributed by atoms with Crippen LogP contribution in [0.2, 0.25) is 0 Å². The number of amides is 2. The fourth-order valence-corrected chi connectivity index (χ4v) is 2.48. The molecule has 0 aliphatic rings. The summed E-state index contributed by atoms with van der Waals surface area (Å²) in [7, 11) is 0. The van der Waals surface area contributed by atoms with Crippen molar-refractivity contribution in [2.75, 3.05) is 19.8 Å². The fraction of sp³-hybridized carbons (Fsp3) is 0.474. The first-order valence-corrected chi connectivity index (χ1v) is 9.50. The summed E-state index contributed by atoms with van der Waals surface area (Å²) in [6, 6.07) is 7.46. The van der Waals surface area contributed by atoms with E-state index in [4.69, 9.17) is 14.2 Å². The standard InChI is InChI=1S/C19H27N5O5/c1-4-14-9-7-8-10-16(14)29-13-17(25)21-22-19(26)15-11-24(23-20-15)12-18(27-5-2)28-6-3/h7-11,18H,4-6,12-13H2,1-3H3,(H,21,25)(H,22,26). The van der Waals surface area contributed by atoms with Gasteiger partial charge in [-0.3, -0.25) is 20.4 Å². The average molecular weight is 405 g/mol. The van der Waals surface area contributed by atoms with Gasteiger partial charge in [-0.2, -0.15) is 0 Å². The van der Waals surface area contributed by atoms with Crippen LogP contribution < -0.4 is 15.6 Å². The second-order valence-electron chi connectivity index (χ2n) is 5.92. The Bertz CT molecular complexity index is 789. The van der Waals surface area contributed by atoms with E-state index in [1.165, 1.54) is 10.9 Å². The minimum absolute atomic E-state index is 0.0503. The van der Waals surface area contributed by atoms with Crippen molar-refractivity contribution in [3.8, 4) is 5.75 Å². The normalized spacial score (nSPS) is 10.8. The fourth-order valence-electron chi connectivity index (χ4n) is 2.48. The zero-order chi connectivity index (χ0) is 21.1. The third-order valence-electron chi connectivity index (χ3n) is 3.84. The number of hydrogen-bond donors (Lipinski definition) is 2. The number of aromatic nitrogens is 3. The summed E-state index contributed by atoms with van der Waals surface area (Å²) in [6.45, 7) is 6.76. The zero-order valence-electron chi connectivity index (χ0n) is 16.9. The summed E-state index contributed by atoms with van der Waals surface area (Å²) in [6.07, 6.45) is 1.75. The van der Waals surface area contributed by atoms with Crippen LogP contribution in [0.5, 0.6) is 5.75 Å². The van der Waals surface area contributed by atoms with Crippen molar-refractivity contribution in [3.63, 3.8) is 0 Å². The van der Waals surface area contributed by atoms with Gasteiger partial charge < -0.3 is 14.2 Å². The maximum absolute atomic E-state index is 12.1. The molecule has 0 saturated heterocycles. The van der Waals surface area contributed by atoms with Crippen molar-refractivity contribution in [3.05, 3.63) is 41.7 Å². The van der Waals surface area contributed by atoms with Gasteiger partial charge in [0, 0.05) is 13.2 Å². The third kappa shape index (κ3) is 7.16. The lowest BCUT2D eigenvalue weighted by atomic mass is 10.1. The van der Waals surface area contributed by atoms with Crippen molar-refractivity contribution in [2.24, 2.45) is 0 Å². The minimum Gasteiger partial charge on any atom is -0.483 e. The molecule has 0 unspecified atom stereocenters. The molecular weight excluding hydrogens is 378 g/mol. The van der Waals surface area contributed by atoms with Crippen molar-refractivity contribution >= 4 is 11.8 Å². The van der Waals surface area contributed by atoms with Crippen LogP contribution in [-0.2, 0) is 27.2 Å². The number of nitrogens with zero attached hydrogens (tertiary/aromatic N) is 3. The van der Waals surface area contributed by atoms with E-state index in [0.29, 0.717) is 25.5 Å². The quantitative estimate of drug-likeness (QED) is 0.424. The molecule has 1 aromatic carbocycles. The summed E-state index contributed by atoms with van der Waals surface area (Å²) >= 11 is 0. The monoisotopic (exact) mass is 405 g/mol. The number of carbonyl (C=O) groups is 2. The van der Waals surface area contributed by atoms with E-state index in [9.17, 15) is 9.59 Å². The van der Waals surface area contributed by atoms with Crippen molar-refractivity contribution < 1.29 is 23.8 Å². The number of hydrazine groups is 1. The summed E-state index contributed by atoms with van der Waals surface area (Å²) < 4.78 is 17.8. The highest BCUT2D eigenvalue weighted by atomic mass is 16.7. The van der Waals surface area contributed by atoms with Crippen LogP contribution in [0, 0.1) is 0 Å². The van der Waals surface area contributed by atoms with Crippen LogP contribution >= 0.6 is 0 Å². The molecule has 0 radical (unpaired) electrons. The summed E-state index contributed by atoms with van der Waals surface area (Å²) in [5, 5.41) is 7.66. The highest BCUT2D eigenvalue weighted by molar-refractivity contribution is 5.93. The van der Waals surface area contributed by atoms with Gasteiger partial charge in [0.1, 0.15) is 5.75 Å². The van der Waals surface area contributed by atoms with Gasteiger partial charge in [-0.15, -0.1) is 5.10 Å². The lowest BCUT2D eigenvalue weighted by Crippen LogP contribution is -2.44. The molecule has 2 rings (SSSR count). The molecule has 0 atom stereocenters. The molecule has 2 N–H and O–H groups in total. The summed E-state index contributed by atoms with van der Waals surface area (Å²) in [5.41, 5.74) is 5.62. The average Bonchev–Trinajstić information content (AvgIpc) is 3.19. The first-order valence-electron chi connectivity index (χ1n) is 9.50. The Morgan fingerprint density at radius 2 is 1.83 bits per heavy atom. The molecule has 1 aromatic heterocycles.